The maximum absolute atomic E-state index is 5.63. The SMILES string of the molecule is CCNc1cc(NC2CCOC2)nc(N)n1. The van der Waals surface area contributed by atoms with E-state index in [0.29, 0.717) is 6.04 Å². The van der Waals surface area contributed by atoms with Gasteiger partial charge in [0.1, 0.15) is 11.6 Å². The molecule has 88 valence electrons. The second kappa shape index (κ2) is 4.98. The lowest BCUT2D eigenvalue weighted by Gasteiger charge is -2.12. The van der Waals surface area contributed by atoms with Crippen molar-refractivity contribution in [1.29, 1.82) is 0 Å². The molecule has 16 heavy (non-hydrogen) atoms. The van der Waals surface area contributed by atoms with Crippen molar-refractivity contribution >= 4 is 17.6 Å². The zero-order valence-corrected chi connectivity index (χ0v) is 9.36. The van der Waals surface area contributed by atoms with Crippen LogP contribution in [0.2, 0.25) is 0 Å². The van der Waals surface area contributed by atoms with Gasteiger partial charge in [-0.1, -0.05) is 0 Å². The molecule has 1 aliphatic rings. The first-order valence-electron chi connectivity index (χ1n) is 5.50. The lowest BCUT2D eigenvalue weighted by Crippen LogP contribution is -2.20. The summed E-state index contributed by atoms with van der Waals surface area (Å²) in [7, 11) is 0. The Bertz CT molecular complexity index is 351. The third-order valence-corrected chi connectivity index (χ3v) is 2.38. The first-order valence-corrected chi connectivity index (χ1v) is 5.50. The average molecular weight is 223 g/mol. The molecule has 6 heteroatoms. The molecule has 4 N–H and O–H groups in total. The number of hydrogen-bond acceptors (Lipinski definition) is 6. The number of hydrogen-bond donors (Lipinski definition) is 3. The van der Waals surface area contributed by atoms with Crippen molar-refractivity contribution in [2.75, 3.05) is 36.1 Å². The summed E-state index contributed by atoms with van der Waals surface area (Å²) in [6.07, 6.45) is 1.00. The highest BCUT2D eigenvalue weighted by Crippen LogP contribution is 2.16. The number of ether oxygens (including phenoxy) is 1. The third kappa shape index (κ3) is 2.73. The molecule has 0 amide bonds. The van der Waals surface area contributed by atoms with E-state index in [2.05, 4.69) is 20.6 Å². The first kappa shape index (κ1) is 10.9. The van der Waals surface area contributed by atoms with Gasteiger partial charge >= 0.3 is 0 Å². The van der Waals surface area contributed by atoms with E-state index in [1.807, 2.05) is 13.0 Å². The zero-order valence-electron chi connectivity index (χ0n) is 9.36. The van der Waals surface area contributed by atoms with Crippen LogP contribution in [0.25, 0.3) is 0 Å². The van der Waals surface area contributed by atoms with E-state index < -0.39 is 0 Å². The van der Waals surface area contributed by atoms with Gasteiger partial charge in [-0.3, -0.25) is 0 Å². The van der Waals surface area contributed by atoms with Crippen LogP contribution in [0.4, 0.5) is 17.6 Å². The van der Waals surface area contributed by atoms with E-state index in [4.69, 9.17) is 10.5 Å². The maximum atomic E-state index is 5.63. The Morgan fingerprint density at radius 2 is 2.31 bits per heavy atom. The molecule has 0 radical (unpaired) electrons. The number of nitrogens with two attached hydrogens (primary N) is 1. The summed E-state index contributed by atoms with van der Waals surface area (Å²) in [5.41, 5.74) is 5.63. The predicted molar refractivity (Wildman–Crippen MR) is 63.5 cm³/mol. The van der Waals surface area contributed by atoms with Crippen LogP contribution in [0.5, 0.6) is 0 Å². The number of rotatable bonds is 4. The maximum Gasteiger partial charge on any atom is 0.223 e. The summed E-state index contributed by atoms with van der Waals surface area (Å²) >= 11 is 0. The van der Waals surface area contributed by atoms with E-state index >= 15 is 0 Å². The summed E-state index contributed by atoms with van der Waals surface area (Å²) < 4.78 is 5.28. The van der Waals surface area contributed by atoms with E-state index in [9.17, 15) is 0 Å². The molecule has 0 saturated carbocycles. The minimum atomic E-state index is 0.278. The smallest absolute Gasteiger partial charge is 0.223 e. The van der Waals surface area contributed by atoms with Crippen LogP contribution >= 0.6 is 0 Å². The number of nitrogen functional groups attached to an aromatic ring is 1. The first-order chi connectivity index (χ1) is 7.78. The van der Waals surface area contributed by atoms with Crippen LogP contribution in [0, 0.1) is 0 Å². The standard InChI is InChI=1S/C10H17N5O/c1-2-12-8-5-9(15-10(11)14-8)13-7-3-4-16-6-7/h5,7H,2-4,6H2,1H3,(H4,11,12,13,14,15). The lowest BCUT2D eigenvalue weighted by atomic mass is 10.2. The molecular formula is C10H17N5O. The van der Waals surface area contributed by atoms with Crippen molar-refractivity contribution in [3.63, 3.8) is 0 Å². The van der Waals surface area contributed by atoms with Gasteiger partial charge in [-0.25, -0.2) is 0 Å². The van der Waals surface area contributed by atoms with Crippen LogP contribution in [-0.2, 0) is 4.74 Å². The second-order valence-corrected chi connectivity index (χ2v) is 3.73. The van der Waals surface area contributed by atoms with Crippen molar-refractivity contribution in [2.45, 2.75) is 19.4 Å². The van der Waals surface area contributed by atoms with Crippen LogP contribution in [0.15, 0.2) is 6.07 Å². The van der Waals surface area contributed by atoms with Gasteiger partial charge in [-0.05, 0) is 13.3 Å². The molecule has 0 bridgehead atoms. The van der Waals surface area contributed by atoms with Gasteiger partial charge in [0.15, 0.2) is 0 Å². The van der Waals surface area contributed by atoms with E-state index in [1.54, 1.807) is 0 Å². The quantitative estimate of drug-likeness (QED) is 0.696. The van der Waals surface area contributed by atoms with Gasteiger partial charge in [-0.2, -0.15) is 9.97 Å². The molecule has 1 aromatic heterocycles. The molecule has 1 saturated heterocycles. The van der Waals surface area contributed by atoms with Crippen molar-refractivity contribution in [3.8, 4) is 0 Å². The molecule has 1 fully saturated rings. The molecule has 1 atom stereocenters. The molecule has 0 aromatic carbocycles. The fourth-order valence-corrected chi connectivity index (χ4v) is 1.67. The van der Waals surface area contributed by atoms with E-state index in [-0.39, 0.29) is 5.95 Å². The summed E-state index contributed by atoms with van der Waals surface area (Å²) in [5.74, 6) is 1.77. The van der Waals surface area contributed by atoms with Crippen LogP contribution in [0.1, 0.15) is 13.3 Å². The summed E-state index contributed by atoms with van der Waals surface area (Å²) in [4.78, 5) is 8.22. The van der Waals surface area contributed by atoms with E-state index in [0.717, 1.165) is 37.8 Å². The number of anilines is 3. The number of nitrogens with zero attached hydrogens (tertiary/aromatic N) is 2. The van der Waals surface area contributed by atoms with E-state index in [1.165, 1.54) is 0 Å². The summed E-state index contributed by atoms with van der Waals surface area (Å²) in [5, 5.41) is 6.40. The Kier molecular flexibility index (Phi) is 3.40. The van der Waals surface area contributed by atoms with Gasteiger partial charge in [-0.15, -0.1) is 0 Å². The minimum Gasteiger partial charge on any atom is -0.379 e. The van der Waals surface area contributed by atoms with Gasteiger partial charge in [0.05, 0.1) is 12.6 Å². The summed E-state index contributed by atoms with van der Waals surface area (Å²) in [6, 6.07) is 2.18. The molecule has 1 aromatic rings. The molecule has 0 spiro atoms. The van der Waals surface area contributed by atoms with Crippen molar-refractivity contribution in [3.05, 3.63) is 6.07 Å². The van der Waals surface area contributed by atoms with Gasteiger partial charge in [0.2, 0.25) is 5.95 Å². The highest BCUT2D eigenvalue weighted by atomic mass is 16.5. The zero-order chi connectivity index (χ0) is 11.4. The van der Waals surface area contributed by atoms with Crippen LogP contribution < -0.4 is 16.4 Å². The molecule has 6 nitrogen and oxygen atoms in total. The third-order valence-electron chi connectivity index (χ3n) is 2.38. The fraction of sp³-hybridized carbons (Fsp3) is 0.600. The molecule has 1 aliphatic heterocycles. The molecule has 2 rings (SSSR count). The normalized spacial score (nSPS) is 19.7. The molecule has 0 aliphatic carbocycles. The number of nitrogens with one attached hydrogen (secondary N) is 2. The largest absolute Gasteiger partial charge is 0.379 e. The Balaban J connectivity index is 2.06. The lowest BCUT2D eigenvalue weighted by molar-refractivity contribution is 0.195. The predicted octanol–water partition coefficient (Wildman–Crippen LogP) is 0.691. The average Bonchev–Trinajstić information content (AvgIpc) is 2.70. The minimum absolute atomic E-state index is 0.278. The molecule has 1 unspecified atom stereocenters. The van der Waals surface area contributed by atoms with Gasteiger partial charge in [0.25, 0.3) is 0 Å². The highest BCUT2D eigenvalue weighted by molar-refractivity contribution is 5.51. The molecular weight excluding hydrogens is 206 g/mol. The monoisotopic (exact) mass is 223 g/mol. The summed E-state index contributed by atoms with van der Waals surface area (Å²) in [6.45, 7) is 4.34. The van der Waals surface area contributed by atoms with Crippen molar-refractivity contribution < 1.29 is 4.74 Å². The Morgan fingerprint density at radius 1 is 1.50 bits per heavy atom. The Morgan fingerprint density at radius 3 is 3.00 bits per heavy atom. The van der Waals surface area contributed by atoms with Crippen molar-refractivity contribution in [1.82, 2.24) is 9.97 Å². The van der Waals surface area contributed by atoms with Gasteiger partial charge < -0.3 is 21.1 Å². The molecule has 2 heterocycles. The topological polar surface area (TPSA) is 85.1 Å². The highest BCUT2D eigenvalue weighted by Gasteiger charge is 2.16. The van der Waals surface area contributed by atoms with Crippen LogP contribution in [-0.4, -0.2) is 35.8 Å². The number of aromatic nitrogens is 2. The second-order valence-electron chi connectivity index (χ2n) is 3.73. The Labute approximate surface area is 94.6 Å². The fourth-order valence-electron chi connectivity index (χ4n) is 1.67. The van der Waals surface area contributed by atoms with Gasteiger partial charge in [0, 0.05) is 19.2 Å². The van der Waals surface area contributed by atoms with Crippen molar-refractivity contribution in [2.24, 2.45) is 0 Å². The Hall–Kier alpha value is -1.56. The van der Waals surface area contributed by atoms with Crippen LogP contribution in [0.3, 0.4) is 0 Å².